The Morgan fingerprint density at radius 1 is 1.44 bits per heavy atom. The van der Waals surface area contributed by atoms with Crippen molar-refractivity contribution >= 4 is 21.9 Å². The van der Waals surface area contributed by atoms with E-state index in [1.807, 2.05) is 0 Å². The third-order valence-corrected chi connectivity index (χ3v) is 2.11. The second-order valence-electron chi connectivity index (χ2n) is 2.72. The van der Waals surface area contributed by atoms with Crippen LogP contribution in [-0.4, -0.2) is 24.3 Å². The first-order valence-corrected chi connectivity index (χ1v) is 4.80. The molecular formula is C9H7BrF2O4. The number of hydrogen-bond acceptors (Lipinski definition) is 3. The molecule has 0 amide bonds. The number of carboxylic acid groups (broad SMARTS) is 1. The number of alkyl halides is 2. The average molecular weight is 297 g/mol. The number of rotatable bonds is 4. The van der Waals surface area contributed by atoms with Gasteiger partial charge in [0, 0.05) is 4.47 Å². The molecule has 0 spiro atoms. The zero-order valence-electron chi connectivity index (χ0n) is 8.04. The molecule has 0 aromatic heterocycles. The lowest BCUT2D eigenvalue weighted by atomic mass is 10.3. The van der Waals surface area contributed by atoms with Crippen LogP contribution in [-0.2, 0) is 4.79 Å². The molecule has 0 unspecified atom stereocenters. The maximum atomic E-state index is 12.8. The molecule has 88 valence electrons. The topological polar surface area (TPSA) is 55.8 Å². The molecule has 0 aliphatic carbocycles. The number of ether oxygens (including phenoxy) is 2. The molecule has 0 fully saturated rings. The van der Waals surface area contributed by atoms with E-state index < -0.39 is 12.1 Å². The molecule has 0 bridgehead atoms. The zero-order chi connectivity index (χ0) is 12.3. The van der Waals surface area contributed by atoms with Crippen LogP contribution in [0.2, 0.25) is 0 Å². The first-order chi connectivity index (χ1) is 7.36. The van der Waals surface area contributed by atoms with Crippen LogP contribution in [0.25, 0.3) is 0 Å². The lowest BCUT2D eigenvalue weighted by Crippen LogP contribution is -2.34. The standard InChI is InChI=1S/C9H7BrF2O4/c1-15-7-4-5(10)2-3-6(7)16-9(11,12)8(13)14/h2-4H,1H3,(H,13,14). The van der Waals surface area contributed by atoms with Gasteiger partial charge in [0.05, 0.1) is 7.11 Å². The Morgan fingerprint density at radius 2 is 2.06 bits per heavy atom. The van der Waals surface area contributed by atoms with E-state index in [9.17, 15) is 13.6 Å². The molecular weight excluding hydrogens is 290 g/mol. The second kappa shape index (κ2) is 4.65. The van der Waals surface area contributed by atoms with Gasteiger partial charge in [-0.05, 0) is 18.2 Å². The van der Waals surface area contributed by atoms with Crippen molar-refractivity contribution in [3.8, 4) is 11.5 Å². The van der Waals surface area contributed by atoms with E-state index in [1.54, 1.807) is 0 Å². The maximum Gasteiger partial charge on any atom is 0.502 e. The van der Waals surface area contributed by atoms with Crippen molar-refractivity contribution in [1.29, 1.82) is 0 Å². The quantitative estimate of drug-likeness (QED) is 0.927. The lowest BCUT2D eigenvalue weighted by Gasteiger charge is -2.15. The van der Waals surface area contributed by atoms with Gasteiger partial charge in [0.25, 0.3) is 0 Å². The summed E-state index contributed by atoms with van der Waals surface area (Å²) in [5, 5.41) is 8.20. The number of benzene rings is 1. The van der Waals surface area contributed by atoms with Crippen LogP contribution >= 0.6 is 15.9 Å². The number of methoxy groups -OCH3 is 1. The average Bonchev–Trinajstić information content (AvgIpc) is 2.20. The fourth-order valence-corrected chi connectivity index (χ4v) is 1.25. The highest BCUT2D eigenvalue weighted by Gasteiger charge is 2.43. The monoisotopic (exact) mass is 296 g/mol. The Morgan fingerprint density at radius 3 is 2.56 bits per heavy atom. The zero-order valence-corrected chi connectivity index (χ0v) is 9.62. The van der Waals surface area contributed by atoms with Gasteiger partial charge in [-0.1, -0.05) is 15.9 Å². The molecule has 1 aromatic carbocycles. The van der Waals surface area contributed by atoms with Gasteiger partial charge in [-0.15, -0.1) is 0 Å². The van der Waals surface area contributed by atoms with Crippen LogP contribution in [0.3, 0.4) is 0 Å². The Labute approximate surface area is 97.9 Å². The molecule has 4 nitrogen and oxygen atoms in total. The molecule has 16 heavy (non-hydrogen) atoms. The highest BCUT2D eigenvalue weighted by molar-refractivity contribution is 9.10. The van der Waals surface area contributed by atoms with Crippen molar-refractivity contribution in [2.75, 3.05) is 7.11 Å². The molecule has 1 aromatic rings. The van der Waals surface area contributed by atoms with Gasteiger partial charge in [-0.3, -0.25) is 0 Å². The second-order valence-corrected chi connectivity index (χ2v) is 3.63. The van der Waals surface area contributed by atoms with E-state index >= 15 is 0 Å². The maximum absolute atomic E-state index is 12.8. The third-order valence-electron chi connectivity index (χ3n) is 1.61. The van der Waals surface area contributed by atoms with Gasteiger partial charge in [0.1, 0.15) is 0 Å². The molecule has 0 radical (unpaired) electrons. The SMILES string of the molecule is COc1cc(Br)ccc1OC(F)(F)C(=O)O. The predicted molar refractivity (Wildman–Crippen MR) is 53.9 cm³/mol. The Hall–Kier alpha value is -1.37. The minimum Gasteiger partial charge on any atom is -0.493 e. The molecule has 0 atom stereocenters. The highest BCUT2D eigenvalue weighted by Crippen LogP contribution is 2.33. The number of aliphatic carboxylic acids is 1. The van der Waals surface area contributed by atoms with Crippen LogP contribution in [0, 0.1) is 0 Å². The van der Waals surface area contributed by atoms with Crippen LogP contribution in [0.15, 0.2) is 22.7 Å². The summed E-state index contributed by atoms with van der Waals surface area (Å²) in [4.78, 5) is 10.2. The van der Waals surface area contributed by atoms with Crippen LogP contribution < -0.4 is 9.47 Å². The largest absolute Gasteiger partial charge is 0.502 e. The minimum absolute atomic E-state index is 0.00954. The smallest absolute Gasteiger partial charge is 0.493 e. The lowest BCUT2D eigenvalue weighted by molar-refractivity contribution is -0.211. The fraction of sp³-hybridized carbons (Fsp3) is 0.222. The summed E-state index contributed by atoms with van der Waals surface area (Å²) in [6.07, 6.45) is -4.29. The number of hydrogen-bond donors (Lipinski definition) is 1. The van der Waals surface area contributed by atoms with Crippen LogP contribution in [0.1, 0.15) is 0 Å². The summed E-state index contributed by atoms with van der Waals surface area (Å²) < 4.78 is 34.9. The summed E-state index contributed by atoms with van der Waals surface area (Å²) >= 11 is 3.11. The summed E-state index contributed by atoms with van der Waals surface area (Å²) in [6, 6.07) is 3.99. The molecule has 7 heteroatoms. The Balaban J connectivity index is 3.01. The van der Waals surface area contributed by atoms with Crippen LogP contribution in [0.4, 0.5) is 8.78 Å². The fourth-order valence-electron chi connectivity index (χ4n) is 0.907. The van der Waals surface area contributed by atoms with Crippen molar-refractivity contribution in [3.63, 3.8) is 0 Å². The molecule has 1 rings (SSSR count). The van der Waals surface area contributed by atoms with Crippen molar-refractivity contribution < 1.29 is 28.2 Å². The van der Waals surface area contributed by atoms with Gasteiger partial charge in [-0.25, -0.2) is 4.79 Å². The van der Waals surface area contributed by atoms with Crippen LogP contribution in [0.5, 0.6) is 11.5 Å². The van der Waals surface area contributed by atoms with E-state index in [2.05, 4.69) is 20.7 Å². The van der Waals surface area contributed by atoms with Gasteiger partial charge >= 0.3 is 12.1 Å². The van der Waals surface area contributed by atoms with Gasteiger partial charge in [0.15, 0.2) is 11.5 Å². The first kappa shape index (κ1) is 12.7. The molecule has 0 aliphatic heterocycles. The van der Waals surface area contributed by atoms with Gasteiger partial charge in [-0.2, -0.15) is 8.78 Å². The van der Waals surface area contributed by atoms with E-state index in [1.165, 1.54) is 25.3 Å². The Kier molecular flexibility index (Phi) is 3.69. The number of carbonyl (C=O) groups is 1. The van der Waals surface area contributed by atoms with Crippen molar-refractivity contribution in [1.82, 2.24) is 0 Å². The molecule has 0 aliphatic rings. The first-order valence-electron chi connectivity index (χ1n) is 4.00. The minimum atomic E-state index is -4.29. The van der Waals surface area contributed by atoms with Gasteiger partial charge < -0.3 is 14.6 Å². The van der Waals surface area contributed by atoms with E-state index in [4.69, 9.17) is 9.84 Å². The highest BCUT2D eigenvalue weighted by atomic mass is 79.9. The summed E-state index contributed by atoms with van der Waals surface area (Å²) in [7, 11) is 1.26. The van der Waals surface area contributed by atoms with E-state index in [-0.39, 0.29) is 11.5 Å². The number of halogens is 3. The van der Waals surface area contributed by atoms with Crippen molar-refractivity contribution in [2.45, 2.75) is 6.11 Å². The van der Waals surface area contributed by atoms with Crippen molar-refractivity contribution in [3.05, 3.63) is 22.7 Å². The van der Waals surface area contributed by atoms with E-state index in [0.29, 0.717) is 4.47 Å². The molecule has 0 heterocycles. The number of carboxylic acids is 1. The molecule has 0 saturated carbocycles. The Bertz CT molecular complexity index is 408. The summed E-state index contributed by atoms with van der Waals surface area (Å²) in [6.45, 7) is 0. The summed E-state index contributed by atoms with van der Waals surface area (Å²) in [5.41, 5.74) is 0. The van der Waals surface area contributed by atoms with Gasteiger partial charge in [0.2, 0.25) is 0 Å². The van der Waals surface area contributed by atoms with Crippen molar-refractivity contribution in [2.24, 2.45) is 0 Å². The summed E-state index contributed by atoms with van der Waals surface area (Å²) in [5.74, 6) is -2.70. The predicted octanol–water partition coefficient (Wildman–Crippen LogP) is 2.51. The van der Waals surface area contributed by atoms with E-state index in [0.717, 1.165) is 0 Å². The normalized spacial score (nSPS) is 11.0. The molecule has 0 saturated heterocycles. The third kappa shape index (κ3) is 2.82. The molecule has 1 N–H and O–H groups in total.